The molecule has 0 radical (unpaired) electrons. The van der Waals surface area contributed by atoms with E-state index in [1.165, 1.54) is 11.3 Å². The number of carbonyl (C=O) groups is 1. The van der Waals surface area contributed by atoms with Crippen molar-refractivity contribution in [1.29, 1.82) is 0 Å². The maximum Gasteiger partial charge on any atom is 0.265 e. The smallest absolute Gasteiger partial charge is 0.265 e. The molecular formula is C17H14BrN3O3S2. The van der Waals surface area contributed by atoms with Crippen molar-refractivity contribution in [3.8, 4) is 11.3 Å². The van der Waals surface area contributed by atoms with Gasteiger partial charge in [-0.3, -0.25) is 9.78 Å². The summed E-state index contributed by atoms with van der Waals surface area (Å²) in [6, 6.07) is 7.37. The minimum absolute atomic E-state index is 0.277. The predicted molar refractivity (Wildman–Crippen MR) is 107 cm³/mol. The third kappa shape index (κ3) is 4.96. The molecule has 0 bridgehead atoms. The van der Waals surface area contributed by atoms with Crippen LogP contribution in [0.15, 0.2) is 62.6 Å². The highest BCUT2D eigenvalue weighted by Gasteiger charge is 2.16. The Balaban J connectivity index is 1.79. The van der Waals surface area contributed by atoms with E-state index < -0.39 is 10.0 Å². The summed E-state index contributed by atoms with van der Waals surface area (Å²) in [6.07, 6.45) is 6.37. The summed E-state index contributed by atoms with van der Waals surface area (Å²) < 4.78 is 27.1. The third-order valence-electron chi connectivity index (χ3n) is 3.31. The van der Waals surface area contributed by atoms with E-state index in [0.29, 0.717) is 22.7 Å². The number of hydrogen-bond acceptors (Lipinski definition) is 5. The van der Waals surface area contributed by atoms with E-state index in [1.54, 1.807) is 24.4 Å². The van der Waals surface area contributed by atoms with Crippen molar-refractivity contribution < 1.29 is 13.2 Å². The fourth-order valence-electron chi connectivity index (χ4n) is 2.32. The zero-order valence-corrected chi connectivity index (χ0v) is 16.9. The average molecular weight is 452 g/mol. The molecule has 2 heterocycles. The van der Waals surface area contributed by atoms with Gasteiger partial charge >= 0.3 is 0 Å². The van der Waals surface area contributed by atoms with Gasteiger partial charge in [0.15, 0.2) is 0 Å². The summed E-state index contributed by atoms with van der Waals surface area (Å²) in [5.74, 6) is -0.277. The van der Waals surface area contributed by atoms with Gasteiger partial charge in [0.25, 0.3) is 5.91 Å². The second-order valence-electron chi connectivity index (χ2n) is 5.55. The van der Waals surface area contributed by atoms with Gasteiger partial charge in [-0.2, -0.15) is 4.40 Å². The van der Waals surface area contributed by atoms with Crippen LogP contribution in [0.25, 0.3) is 11.3 Å². The number of pyridine rings is 1. The number of nitrogens with zero attached hydrogens (tertiary/aromatic N) is 2. The van der Waals surface area contributed by atoms with E-state index in [-0.39, 0.29) is 5.91 Å². The molecule has 1 aliphatic carbocycles. The van der Waals surface area contributed by atoms with E-state index in [1.807, 2.05) is 23.6 Å². The maximum absolute atomic E-state index is 12.5. The number of hydrogen-bond donors (Lipinski definition) is 1. The highest BCUT2D eigenvalue weighted by molar-refractivity contribution is 9.11. The van der Waals surface area contributed by atoms with E-state index in [2.05, 4.69) is 30.6 Å². The normalized spacial score (nSPS) is 16.2. The summed E-state index contributed by atoms with van der Waals surface area (Å²) in [4.78, 5) is 17.3. The van der Waals surface area contributed by atoms with Crippen molar-refractivity contribution in [2.75, 3.05) is 6.26 Å². The Morgan fingerprint density at radius 1 is 1.35 bits per heavy atom. The average Bonchev–Trinajstić information content (AvgIpc) is 3.03. The first-order chi connectivity index (χ1) is 12.3. The van der Waals surface area contributed by atoms with Crippen LogP contribution in [0.1, 0.15) is 16.1 Å². The number of halogens is 1. The van der Waals surface area contributed by atoms with Crippen LogP contribution in [0.4, 0.5) is 0 Å². The molecule has 3 rings (SSSR count). The van der Waals surface area contributed by atoms with Crippen molar-refractivity contribution >= 4 is 48.9 Å². The summed E-state index contributed by atoms with van der Waals surface area (Å²) >= 11 is 4.66. The first-order valence-electron chi connectivity index (χ1n) is 7.48. The lowest BCUT2D eigenvalue weighted by molar-refractivity contribution is 0.0971. The topological polar surface area (TPSA) is 88.5 Å². The van der Waals surface area contributed by atoms with Crippen molar-refractivity contribution in [1.82, 2.24) is 10.3 Å². The fraction of sp³-hybridized carbons (Fsp3) is 0.118. The lowest BCUT2D eigenvalue weighted by atomic mass is 10.1. The Morgan fingerprint density at radius 3 is 2.85 bits per heavy atom. The van der Waals surface area contributed by atoms with Crippen molar-refractivity contribution in [2.45, 2.75) is 6.42 Å². The van der Waals surface area contributed by atoms with E-state index in [4.69, 9.17) is 0 Å². The molecule has 1 amide bonds. The molecule has 2 aromatic heterocycles. The minimum atomic E-state index is -3.50. The van der Waals surface area contributed by atoms with Gasteiger partial charge in [-0.15, -0.1) is 11.3 Å². The van der Waals surface area contributed by atoms with Crippen LogP contribution in [-0.2, 0) is 10.0 Å². The molecule has 0 fully saturated rings. The molecule has 0 unspecified atom stereocenters. The van der Waals surface area contributed by atoms with E-state index in [0.717, 1.165) is 22.0 Å². The number of rotatable bonds is 4. The molecule has 2 aromatic rings. The Morgan fingerprint density at radius 2 is 2.15 bits per heavy atom. The second-order valence-corrected chi connectivity index (χ2v) is 9.13. The number of sulfonamides is 1. The lowest BCUT2D eigenvalue weighted by Crippen LogP contribution is -2.23. The van der Waals surface area contributed by atoms with Crippen LogP contribution in [0.5, 0.6) is 0 Å². The lowest BCUT2D eigenvalue weighted by Gasteiger charge is -2.12. The van der Waals surface area contributed by atoms with Gasteiger partial charge in [-0.05, 0) is 30.4 Å². The number of allylic oxidation sites excluding steroid dienone is 3. The highest BCUT2D eigenvalue weighted by Crippen LogP contribution is 2.25. The minimum Gasteiger partial charge on any atom is -0.321 e. The molecule has 0 atom stereocenters. The SMILES string of the molecule is CS(=O)(=O)N=C1C=C(NC(=O)c2cc(-c3ccccn3)cs2)C=C(Br)C1. The fourth-order valence-corrected chi connectivity index (χ4v) is 4.20. The molecule has 1 N–H and O–H groups in total. The number of amides is 1. The van der Waals surface area contributed by atoms with Gasteiger partial charge in [0.1, 0.15) is 0 Å². The zero-order chi connectivity index (χ0) is 18.7. The number of thiophene rings is 1. The number of aromatic nitrogens is 1. The molecule has 26 heavy (non-hydrogen) atoms. The van der Waals surface area contributed by atoms with E-state index in [9.17, 15) is 13.2 Å². The van der Waals surface area contributed by atoms with Crippen LogP contribution >= 0.6 is 27.3 Å². The van der Waals surface area contributed by atoms with Crippen LogP contribution < -0.4 is 5.32 Å². The van der Waals surface area contributed by atoms with Gasteiger partial charge < -0.3 is 5.32 Å². The summed E-state index contributed by atoms with van der Waals surface area (Å²) in [5, 5.41) is 4.65. The van der Waals surface area contributed by atoms with Crippen LogP contribution in [0.3, 0.4) is 0 Å². The monoisotopic (exact) mass is 451 g/mol. The van der Waals surface area contributed by atoms with Crippen molar-refractivity contribution in [2.24, 2.45) is 4.40 Å². The molecule has 0 spiro atoms. The van der Waals surface area contributed by atoms with Crippen LogP contribution in [-0.4, -0.2) is 31.3 Å². The van der Waals surface area contributed by atoms with Gasteiger partial charge in [-0.25, -0.2) is 8.42 Å². The van der Waals surface area contributed by atoms with Gasteiger partial charge in [0.05, 0.1) is 22.5 Å². The van der Waals surface area contributed by atoms with Gasteiger partial charge in [-0.1, -0.05) is 22.0 Å². The Kier molecular flexibility index (Phi) is 5.49. The molecule has 134 valence electrons. The zero-order valence-electron chi connectivity index (χ0n) is 13.6. The Labute approximate surface area is 163 Å². The number of carbonyl (C=O) groups excluding carboxylic acids is 1. The molecule has 0 saturated carbocycles. The van der Waals surface area contributed by atoms with Crippen LogP contribution in [0.2, 0.25) is 0 Å². The summed E-state index contributed by atoms with van der Waals surface area (Å²) in [6.45, 7) is 0. The standard InChI is InChI=1S/C17H14BrN3O3S2/c1-26(23,24)21-14-8-12(18)7-13(9-14)20-17(22)16-6-11(10-25-16)15-4-2-3-5-19-15/h2-7,9-10H,8H2,1H3,(H,20,22). The van der Waals surface area contributed by atoms with Gasteiger partial charge in [0.2, 0.25) is 10.0 Å². The maximum atomic E-state index is 12.5. The highest BCUT2D eigenvalue weighted by atomic mass is 79.9. The van der Waals surface area contributed by atoms with Crippen molar-refractivity contribution in [3.63, 3.8) is 0 Å². The van der Waals surface area contributed by atoms with Gasteiger partial charge in [0, 0.05) is 33.7 Å². The Bertz CT molecular complexity index is 1040. The molecule has 0 aromatic carbocycles. The van der Waals surface area contributed by atoms with E-state index >= 15 is 0 Å². The second kappa shape index (κ2) is 7.65. The molecule has 9 heteroatoms. The number of nitrogens with one attached hydrogen (secondary N) is 1. The summed E-state index contributed by atoms with van der Waals surface area (Å²) in [5.41, 5.74) is 2.50. The molecule has 0 saturated heterocycles. The molecule has 1 aliphatic rings. The first kappa shape index (κ1) is 18.7. The first-order valence-corrected chi connectivity index (χ1v) is 11.0. The molecule has 0 aliphatic heterocycles. The van der Waals surface area contributed by atoms with Crippen LogP contribution in [0, 0.1) is 0 Å². The third-order valence-corrected chi connectivity index (χ3v) is 5.31. The quantitative estimate of drug-likeness (QED) is 0.769. The molecular weight excluding hydrogens is 438 g/mol. The Hall–Kier alpha value is -2.10. The van der Waals surface area contributed by atoms with Crippen molar-refractivity contribution in [3.05, 3.63) is 63.1 Å². The predicted octanol–water partition coefficient (Wildman–Crippen LogP) is 3.51. The summed E-state index contributed by atoms with van der Waals surface area (Å²) in [7, 11) is -3.50. The molecule has 6 nitrogen and oxygen atoms in total. The largest absolute Gasteiger partial charge is 0.321 e.